The molecule has 148 valence electrons. The van der Waals surface area contributed by atoms with Crippen LogP contribution in [-0.4, -0.2) is 73.1 Å². The van der Waals surface area contributed by atoms with Crippen LogP contribution in [0.2, 0.25) is 0 Å². The highest BCUT2D eigenvalue weighted by molar-refractivity contribution is 5.82. The minimum absolute atomic E-state index is 0.0959. The second kappa shape index (κ2) is 7.61. The van der Waals surface area contributed by atoms with E-state index in [9.17, 15) is 9.18 Å². The van der Waals surface area contributed by atoms with Crippen molar-refractivity contribution in [3.8, 4) is 0 Å². The van der Waals surface area contributed by atoms with E-state index in [2.05, 4.69) is 26.7 Å². The maximum Gasteiger partial charge on any atom is 0.241 e. The third-order valence-corrected chi connectivity index (χ3v) is 5.53. The average molecular weight is 384 g/mol. The van der Waals surface area contributed by atoms with Crippen LogP contribution in [0, 0.1) is 5.82 Å². The fraction of sp³-hybridized carbons (Fsp3) is 0.450. The first-order chi connectivity index (χ1) is 13.5. The summed E-state index contributed by atoms with van der Waals surface area (Å²) >= 11 is 0. The first kappa shape index (κ1) is 18.5. The van der Waals surface area contributed by atoms with E-state index in [0.29, 0.717) is 25.3 Å². The Morgan fingerprint density at radius 2 is 1.75 bits per heavy atom. The molecule has 0 spiro atoms. The van der Waals surface area contributed by atoms with Gasteiger partial charge in [-0.25, -0.2) is 14.4 Å². The number of nitrogens with zero attached hydrogens (tertiary/aromatic N) is 6. The number of benzene rings is 1. The number of piperazine rings is 2. The minimum atomic E-state index is -0.188. The van der Waals surface area contributed by atoms with Gasteiger partial charge in [0.2, 0.25) is 5.91 Å². The summed E-state index contributed by atoms with van der Waals surface area (Å²) in [4.78, 5) is 28.8. The number of likely N-dealkylation sites (N-methyl/N-ethyl adjacent to an activating group) is 1. The summed E-state index contributed by atoms with van der Waals surface area (Å²) in [6.45, 7) is 6.09. The SMILES string of the molecule is CC1CN(c2cc(N3CCN(C)C(=O)C3)ncn2)CCN1c1ccccc1F. The number of hydrogen-bond acceptors (Lipinski definition) is 6. The monoisotopic (exact) mass is 384 g/mol. The van der Waals surface area contributed by atoms with E-state index in [-0.39, 0.29) is 17.8 Å². The average Bonchev–Trinajstić information content (AvgIpc) is 2.71. The van der Waals surface area contributed by atoms with Crippen molar-refractivity contribution < 1.29 is 9.18 Å². The van der Waals surface area contributed by atoms with E-state index in [0.717, 1.165) is 31.3 Å². The Balaban J connectivity index is 1.47. The fourth-order valence-corrected chi connectivity index (χ4v) is 3.85. The Hall–Kier alpha value is -2.90. The van der Waals surface area contributed by atoms with Gasteiger partial charge in [-0.15, -0.1) is 0 Å². The summed E-state index contributed by atoms with van der Waals surface area (Å²) in [6.07, 6.45) is 1.56. The van der Waals surface area contributed by atoms with Crippen molar-refractivity contribution in [3.05, 3.63) is 42.5 Å². The van der Waals surface area contributed by atoms with Crippen molar-refractivity contribution in [3.63, 3.8) is 0 Å². The Morgan fingerprint density at radius 1 is 1.04 bits per heavy atom. The molecule has 3 heterocycles. The summed E-state index contributed by atoms with van der Waals surface area (Å²) in [5.74, 6) is 1.53. The Labute approximate surface area is 164 Å². The fourth-order valence-electron chi connectivity index (χ4n) is 3.85. The second-order valence-corrected chi connectivity index (χ2v) is 7.41. The van der Waals surface area contributed by atoms with Gasteiger partial charge in [0.15, 0.2) is 0 Å². The number of carbonyl (C=O) groups is 1. The molecule has 7 nitrogen and oxygen atoms in total. The number of amides is 1. The van der Waals surface area contributed by atoms with Crippen LogP contribution in [0.1, 0.15) is 6.92 Å². The molecule has 1 amide bonds. The predicted molar refractivity (Wildman–Crippen MR) is 107 cm³/mol. The van der Waals surface area contributed by atoms with Crippen molar-refractivity contribution in [2.45, 2.75) is 13.0 Å². The first-order valence-electron chi connectivity index (χ1n) is 9.60. The number of hydrogen-bond donors (Lipinski definition) is 0. The van der Waals surface area contributed by atoms with Crippen LogP contribution in [0.4, 0.5) is 21.7 Å². The van der Waals surface area contributed by atoms with Gasteiger partial charge in [-0.3, -0.25) is 4.79 Å². The van der Waals surface area contributed by atoms with E-state index in [1.54, 1.807) is 17.3 Å². The zero-order chi connectivity index (χ0) is 19.7. The molecule has 2 aromatic rings. The molecule has 0 saturated carbocycles. The van der Waals surface area contributed by atoms with Crippen molar-refractivity contribution in [1.29, 1.82) is 0 Å². The molecule has 8 heteroatoms. The predicted octanol–water partition coefficient (Wildman–Crippen LogP) is 1.61. The van der Waals surface area contributed by atoms with Gasteiger partial charge in [0, 0.05) is 51.9 Å². The topological polar surface area (TPSA) is 55.8 Å². The molecule has 0 radical (unpaired) electrons. The maximum atomic E-state index is 14.2. The number of carbonyl (C=O) groups excluding carboxylic acids is 1. The molecule has 1 aromatic carbocycles. The summed E-state index contributed by atoms with van der Waals surface area (Å²) in [5, 5.41) is 0. The van der Waals surface area contributed by atoms with E-state index in [1.165, 1.54) is 6.07 Å². The molecule has 0 aliphatic carbocycles. The molecule has 28 heavy (non-hydrogen) atoms. The lowest BCUT2D eigenvalue weighted by molar-refractivity contribution is -0.129. The molecule has 2 saturated heterocycles. The summed E-state index contributed by atoms with van der Waals surface area (Å²) in [5.41, 5.74) is 0.647. The Morgan fingerprint density at radius 3 is 2.46 bits per heavy atom. The highest BCUT2D eigenvalue weighted by Gasteiger charge is 2.27. The number of para-hydroxylation sites is 1. The lowest BCUT2D eigenvalue weighted by Gasteiger charge is -2.42. The Kier molecular flexibility index (Phi) is 5.02. The molecule has 1 aromatic heterocycles. The molecule has 0 bridgehead atoms. The summed E-state index contributed by atoms with van der Waals surface area (Å²) in [7, 11) is 1.82. The highest BCUT2D eigenvalue weighted by atomic mass is 19.1. The molecule has 2 aliphatic rings. The van der Waals surface area contributed by atoms with Crippen LogP contribution in [0.25, 0.3) is 0 Å². The van der Waals surface area contributed by atoms with Gasteiger partial charge in [0.05, 0.1) is 12.2 Å². The van der Waals surface area contributed by atoms with Gasteiger partial charge in [0.1, 0.15) is 23.8 Å². The highest BCUT2D eigenvalue weighted by Crippen LogP contribution is 2.26. The molecule has 0 N–H and O–H groups in total. The van der Waals surface area contributed by atoms with Crippen molar-refractivity contribution in [2.75, 3.05) is 61.0 Å². The largest absolute Gasteiger partial charge is 0.363 e. The van der Waals surface area contributed by atoms with Crippen molar-refractivity contribution in [1.82, 2.24) is 14.9 Å². The third-order valence-electron chi connectivity index (χ3n) is 5.53. The minimum Gasteiger partial charge on any atom is -0.363 e. The second-order valence-electron chi connectivity index (χ2n) is 7.41. The summed E-state index contributed by atoms with van der Waals surface area (Å²) < 4.78 is 14.2. The van der Waals surface area contributed by atoms with Crippen molar-refractivity contribution in [2.24, 2.45) is 0 Å². The summed E-state index contributed by atoms with van der Waals surface area (Å²) in [6, 6.07) is 9.01. The standard InChI is InChI=1S/C20H25FN6O/c1-15-12-25(9-10-27(15)17-6-4-3-5-16(17)21)18-11-19(23-14-22-18)26-8-7-24(2)20(28)13-26/h3-6,11,14-15H,7-10,12-13H2,1-2H3. The molecule has 4 rings (SSSR count). The maximum absolute atomic E-state index is 14.2. The lowest BCUT2D eigenvalue weighted by Crippen LogP contribution is -2.52. The van der Waals surface area contributed by atoms with Gasteiger partial charge in [-0.05, 0) is 19.1 Å². The van der Waals surface area contributed by atoms with Gasteiger partial charge < -0.3 is 19.6 Å². The van der Waals surface area contributed by atoms with Crippen molar-refractivity contribution >= 4 is 23.2 Å². The smallest absolute Gasteiger partial charge is 0.241 e. The van der Waals surface area contributed by atoms with Gasteiger partial charge >= 0.3 is 0 Å². The first-order valence-corrected chi connectivity index (χ1v) is 9.60. The van der Waals surface area contributed by atoms with Crippen LogP contribution in [0.15, 0.2) is 36.7 Å². The van der Waals surface area contributed by atoms with Crippen LogP contribution < -0.4 is 14.7 Å². The Bertz CT molecular complexity index is 862. The number of rotatable bonds is 3. The molecule has 2 fully saturated rings. The van der Waals surface area contributed by atoms with E-state index in [1.807, 2.05) is 30.1 Å². The molecule has 1 unspecified atom stereocenters. The van der Waals surface area contributed by atoms with Crippen LogP contribution in [0.3, 0.4) is 0 Å². The molecule has 2 aliphatic heterocycles. The molecular weight excluding hydrogens is 359 g/mol. The van der Waals surface area contributed by atoms with Gasteiger partial charge in [0.25, 0.3) is 0 Å². The van der Waals surface area contributed by atoms with Crippen LogP contribution in [0.5, 0.6) is 0 Å². The van der Waals surface area contributed by atoms with E-state index < -0.39 is 0 Å². The van der Waals surface area contributed by atoms with Gasteiger partial charge in [-0.1, -0.05) is 12.1 Å². The number of halogens is 1. The van der Waals surface area contributed by atoms with Crippen LogP contribution in [-0.2, 0) is 4.79 Å². The normalized spacial score (nSPS) is 20.7. The quantitative estimate of drug-likeness (QED) is 0.802. The number of aromatic nitrogens is 2. The molecule has 1 atom stereocenters. The zero-order valence-electron chi connectivity index (χ0n) is 16.3. The third kappa shape index (κ3) is 3.58. The zero-order valence-corrected chi connectivity index (χ0v) is 16.3. The van der Waals surface area contributed by atoms with E-state index in [4.69, 9.17) is 0 Å². The van der Waals surface area contributed by atoms with E-state index >= 15 is 0 Å². The van der Waals surface area contributed by atoms with Crippen LogP contribution >= 0.6 is 0 Å². The lowest BCUT2D eigenvalue weighted by atomic mass is 10.1. The van der Waals surface area contributed by atoms with Gasteiger partial charge in [-0.2, -0.15) is 0 Å². The number of anilines is 3. The molecular formula is C20H25FN6O.